The highest BCUT2D eigenvalue weighted by Gasteiger charge is 2.24. The van der Waals surface area contributed by atoms with Crippen LogP contribution in [0, 0.1) is 0 Å². The topological polar surface area (TPSA) is 103 Å². The molecule has 0 saturated heterocycles. The number of carbonyl (C=O) groups excluding carboxylic acids is 2. The number of amides is 2. The van der Waals surface area contributed by atoms with Crippen molar-refractivity contribution in [2.45, 2.75) is 6.04 Å². The van der Waals surface area contributed by atoms with E-state index in [1.807, 2.05) is 66.2 Å². The zero-order valence-electron chi connectivity index (χ0n) is 16.0. The summed E-state index contributed by atoms with van der Waals surface area (Å²) in [5.41, 5.74) is 8.03. The van der Waals surface area contributed by atoms with Gasteiger partial charge in [0, 0.05) is 7.05 Å². The molecule has 0 radical (unpaired) electrons. The number of nitrogens with one attached hydrogen (secondary N) is 1. The maximum absolute atomic E-state index is 13.0. The third kappa shape index (κ3) is 3.62. The highest BCUT2D eigenvalue weighted by molar-refractivity contribution is 6.32. The summed E-state index contributed by atoms with van der Waals surface area (Å²) in [5.74, 6) is -0.481. The van der Waals surface area contributed by atoms with E-state index >= 15 is 0 Å². The number of carbonyl (C=O) groups is 2. The molecular weight excluding hydrogens is 402 g/mol. The molecule has 0 spiro atoms. The number of aryl methyl sites for hydroxylation is 1. The van der Waals surface area contributed by atoms with Crippen LogP contribution in [0.15, 0.2) is 66.7 Å². The molecule has 2 heterocycles. The van der Waals surface area contributed by atoms with Crippen LogP contribution in [-0.2, 0) is 7.05 Å². The average Bonchev–Trinajstić information content (AvgIpc) is 3.08. The molecule has 2 amide bonds. The minimum absolute atomic E-state index is 0.0585. The van der Waals surface area contributed by atoms with E-state index in [4.69, 9.17) is 22.3 Å². The number of hydrogen-bond donors (Lipinski definition) is 2. The molecule has 4 rings (SSSR count). The Morgan fingerprint density at radius 3 is 2.37 bits per heavy atom. The molecule has 0 aliphatic carbocycles. The molecule has 0 unspecified atom stereocenters. The lowest BCUT2D eigenvalue weighted by atomic mass is 10.1. The zero-order valence-corrected chi connectivity index (χ0v) is 16.8. The molecule has 0 saturated carbocycles. The second-order valence-electron chi connectivity index (χ2n) is 6.73. The largest absolute Gasteiger partial charge is 0.366 e. The summed E-state index contributed by atoms with van der Waals surface area (Å²) in [6.45, 7) is 0. The number of para-hydroxylation sites is 2. The Morgan fingerprint density at radius 2 is 1.70 bits per heavy atom. The van der Waals surface area contributed by atoms with Crippen LogP contribution >= 0.6 is 11.6 Å². The quantitative estimate of drug-likeness (QED) is 0.484. The standard InChI is InChI=1S/C22H18ClN5O2/c1-28-17-10-6-5-9-15(17)26-21(28)18(13-7-3-2-4-8-13)27-22(30)16-12-11-14(20(24)29)19(23)25-16/h2-12,18H,1H3,(H2,24,29)(H,27,30)/t18-/m1/s1. The lowest BCUT2D eigenvalue weighted by molar-refractivity contribution is 0.0933. The van der Waals surface area contributed by atoms with E-state index in [0.717, 1.165) is 16.6 Å². The van der Waals surface area contributed by atoms with E-state index in [9.17, 15) is 9.59 Å². The van der Waals surface area contributed by atoms with Gasteiger partial charge < -0.3 is 15.6 Å². The maximum atomic E-state index is 13.0. The van der Waals surface area contributed by atoms with Gasteiger partial charge in [-0.05, 0) is 29.8 Å². The Bertz CT molecular complexity index is 1250. The van der Waals surface area contributed by atoms with Gasteiger partial charge in [0.2, 0.25) is 0 Å². The van der Waals surface area contributed by atoms with Crippen LogP contribution in [0.5, 0.6) is 0 Å². The first-order chi connectivity index (χ1) is 14.5. The molecule has 7 nitrogen and oxygen atoms in total. The van der Waals surface area contributed by atoms with Crippen LogP contribution in [0.1, 0.15) is 38.3 Å². The molecule has 2 aromatic carbocycles. The maximum Gasteiger partial charge on any atom is 0.270 e. The van der Waals surface area contributed by atoms with Crippen molar-refractivity contribution in [3.8, 4) is 0 Å². The predicted octanol–water partition coefficient (Wildman–Crippen LogP) is 3.24. The number of benzene rings is 2. The normalized spacial score (nSPS) is 11.9. The molecular formula is C22H18ClN5O2. The van der Waals surface area contributed by atoms with Gasteiger partial charge in [-0.3, -0.25) is 9.59 Å². The Morgan fingerprint density at radius 1 is 1.00 bits per heavy atom. The van der Waals surface area contributed by atoms with Crippen LogP contribution in [0.4, 0.5) is 0 Å². The van der Waals surface area contributed by atoms with E-state index in [2.05, 4.69) is 10.3 Å². The van der Waals surface area contributed by atoms with E-state index in [1.165, 1.54) is 12.1 Å². The summed E-state index contributed by atoms with van der Waals surface area (Å²) < 4.78 is 1.95. The summed E-state index contributed by atoms with van der Waals surface area (Å²) in [6, 6.07) is 19.6. The molecule has 4 aromatic rings. The number of pyridine rings is 1. The Kier molecular flexibility index (Phi) is 5.20. The average molecular weight is 420 g/mol. The number of primary amides is 1. The lowest BCUT2D eigenvalue weighted by Crippen LogP contribution is -2.32. The number of fused-ring (bicyclic) bond motifs is 1. The van der Waals surface area contributed by atoms with Crippen LogP contribution in [0.3, 0.4) is 0 Å². The molecule has 1 atom stereocenters. The van der Waals surface area contributed by atoms with Crippen molar-refractivity contribution in [2.24, 2.45) is 12.8 Å². The first-order valence-electron chi connectivity index (χ1n) is 9.19. The van der Waals surface area contributed by atoms with Gasteiger partial charge in [0.1, 0.15) is 22.7 Å². The fraction of sp³-hybridized carbons (Fsp3) is 0.0909. The number of imidazole rings is 1. The smallest absolute Gasteiger partial charge is 0.270 e. The first-order valence-corrected chi connectivity index (χ1v) is 9.57. The molecule has 2 aromatic heterocycles. The van der Waals surface area contributed by atoms with Gasteiger partial charge in [0.25, 0.3) is 11.8 Å². The van der Waals surface area contributed by atoms with Crippen molar-refractivity contribution in [3.63, 3.8) is 0 Å². The van der Waals surface area contributed by atoms with Crippen molar-refractivity contribution >= 4 is 34.4 Å². The van der Waals surface area contributed by atoms with Crippen LogP contribution in [0.2, 0.25) is 5.15 Å². The lowest BCUT2D eigenvalue weighted by Gasteiger charge is -2.19. The fourth-order valence-corrected chi connectivity index (χ4v) is 3.56. The molecule has 0 fully saturated rings. The number of halogens is 1. The van der Waals surface area contributed by atoms with Crippen LogP contribution in [-0.4, -0.2) is 26.3 Å². The molecule has 0 aliphatic rings. The van der Waals surface area contributed by atoms with E-state index in [0.29, 0.717) is 5.82 Å². The minimum atomic E-state index is -0.707. The number of rotatable bonds is 5. The monoisotopic (exact) mass is 419 g/mol. The number of hydrogen-bond acceptors (Lipinski definition) is 4. The zero-order chi connectivity index (χ0) is 21.3. The number of aromatic nitrogens is 3. The summed E-state index contributed by atoms with van der Waals surface area (Å²) in [7, 11) is 1.91. The Hall–Kier alpha value is -3.71. The van der Waals surface area contributed by atoms with Gasteiger partial charge in [-0.2, -0.15) is 0 Å². The predicted molar refractivity (Wildman–Crippen MR) is 114 cm³/mol. The summed E-state index contributed by atoms with van der Waals surface area (Å²) in [5, 5.41) is 2.87. The summed E-state index contributed by atoms with van der Waals surface area (Å²) in [6.07, 6.45) is 0. The molecule has 0 bridgehead atoms. The Balaban J connectivity index is 1.74. The number of nitrogens with zero attached hydrogens (tertiary/aromatic N) is 3. The fourth-order valence-electron chi connectivity index (χ4n) is 3.31. The third-order valence-corrected chi connectivity index (χ3v) is 5.12. The second-order valence-corrected chi connectivity index (χ2v) is 7.09. The summed E-state index contributed by atoms with van der Waals surface area (Å²) >= 11 is 6.01. The van der Waals surface area contributed by atoms with Crippen molar-refractivity contribution < 1.29 is 9.59 Å². The van der Waals surface area contributed by atoms with Crippen molar-refractivity contribution in [2.75, 3.05) is 0 Å². The Labute approximate surface area is 177 Å². The highest BCUT2D eigenvalue weighted by atomic mass is 35.5. The van der Waals surface area contributed by atoms with Gasteiger partial charge in [-0.15, -0.1) is 0 Å². The van der Waals surface area contributed by atoms with E-state index in [-0.39, 0.29) is 16.4 Å². The van der Waals surface area contributed by atoms with Crippen molar-refractivity contribution in [1.82, 2.24) is 19.9 Å². The van der Waals surface area contributed by atoms with E-state index in [1.54, 1.807) is 0 Å². The minimum Gasteiger partial charge on any atom is -0.366 e. The molecule has 0 aliphatic heterocycles. The SMILES string of the molecule is Cn1c([C@H](NC(=O)c2ccc(C(N)=O)c(Cl)n2)c2ccccc2)nc2ccccc21. The first kappa shape index (κ1) is 19.6. The number of nitrogens with two attached hydrogens (primary N) is 1. The second kappa shape index (κ2) is 7.96. The van der Waals surface area contributed by atoms with Crippen LogP contribution < -0.4 is 11.1 Å². The summed E-state index contributed by atoms with van der Waals surface area (Å²) in [4.78, 5) is 33.1. The van der Waals surface area contributed by atoms with Gasteiger partial charge in [-0.1, -0.05) is 54.1 Å². The van der Waals surface area contributed by atoms with Crippen molar-refractivity contribution in [3.05, 3.63) is 94.5 Å². The van der Waals surface area contributed by atoms with Gasteiger partial charge >= 0.3 is 0 Å². The van der Waals surface area contributed by atoms with Gasteiger partial charge in [0.15, 0.2) is 0 Å². The molecule has 150 valence electrons. The molecule has 8 heteroatoms. The molecule has 30 heavy (non-hydrogen) atoms. The van der Waals surface area contributed by atoms with Gasteiger partial charge in [0.05, 0.1) is 16.6 Å². The van der Waals surface area contributed by atoms with Gasteiger partial charge in [-0.25, -0.2) is 9.97 Å². The third-order valence-electron chi connectivity index (χ3n) is 4.84. The molecule has 3 N–H and O–H groups in total. The van der Waals surface area contributed by atoms with Crippen LogP contribution in [0.25, 0.3) is 11.0 Å². The van der Waals surface area contributed by atoms with E-state index < -0.39 is 17.9 Å². The van der Waals surface area contributed by atoms with Crippen molar-refractivity contribution in [1.29, 1.82) is 0 Å². The highest BCUT2D eigenvalue weighted by Crippen LogP contribution is 2.25.